The van der Waals surface area contributed by atoms with Gasteiger partial charge in [-0.2, -0.15) is 0 Å². The first-order chi connectivity index (χ1) is 9.49. The molecule has 0 aliphatic rings. The molecule has 0 unspecified atom stereocenters. The molecule has 0 amide bonds. The zero-order chi connectivity index (χ0) is 15.1. The summed E-state index contributed by atoms with van der Waals surface area (Å²) in [5.41, 5.74) is -0.346. The van der Waals surface area contributed by atoms with Gasteiger partial charge in [-0.3, -0.25) is 10.1 Å². The third-order valence-electron chi connectivity index (χ3n) is 2.19. The van der Waals surface area contributed by atoms with Gasteiger partial charge in [0.15, 0.2) is 0 Å². The number of ether oxygens (including phenoxy) is 2. The van der Waals surface area contributed by atoms with Crippen molar-refractivity contribution in [2.24, 2.45) is 0 Å². The van der Waals surface area contributed by atoms with E-state index in [1.54, 1.807) is 6.92 Å². The van der Waals surface area contributed by atoms with Crippen LogP contribution in [0.4, 0.5) is 5.69 Å². The number of methoxy groups -OCH3 is 1. The van der Waals surface area contributed by atoms with Crippen molar-refractivity contribution in [1.29, 1.82) is 0 Å². The number of carbonyl (C=O) groups excluding carboxylic acids is 2. The van der Waals surface area contributed by atoms with Gasteiger partial charge in [0.25, 0.3) is 5.69 Å². The largest absolute Gasteiger partial charge is 0.465 e. The zero-order valence-electron chi connectivity index (χ0n) is 10.8. The molecule has 1 rings (SSSR count). The molecule has 0 bridgehead atoms. The van der Waals surface area contributed by atoms with Crippen LogP contribution >= 0.6 is 0 Å². The first-order valence-electron chi connectivity index (χ1n) is 5.55. The lowest BCUT2D eigenvalue weighted by Crippen LogP contribution is -2.03. The maximum Gasteiger partial charge on any atom is 0.384 e. The molecule has 0 atom stereocenters. The van der Waals surface area contributed by atoms with Crippen molar-refractivity contribution >= 4 is 17.6 Å². The van der Waals surface area contributed by atoms with Crippen LogP contribution in [0.3, 0.4) is 0 Å². The number of carbonyl (C=O) groups is 2. The fraction of sp³-hybridized carbons (Fsp3) is 0.231. The van der Waals surface area contributed by atoms with Gasteiger partial charge in [-0.25, -0.2) is 9.59 Å². The Morgan fingerprint density at radius 1 is 1.40 bits per heavy atom. The molecule has 0 N–H and O–H groups in total. The maximum absolute atomic E-state index is 11.3. The SMILES string of the molecule is CCOC(=O)C#Cc1ccc(C(=O)OC)cc1[N+](=O)[O-]. The Bertz CT molecular complexity index is 611. The number of hydrogen-bond acceptors (Lipinski definition) is 6. The van der Waals surface area contributed by atoms with Gasteiger partial charge in [0, 0.05) is 12.0 Å². The van der Waals surface area contributed by atoms with E-state index in [0.717, 1.165) is 6.07 Å². The van der Waals surface area contributed by atoms with Gasteiger partial charge in [-0.15, -0.1) is 0 Å². The summed E-state index contributed by atoms with van der Waals surface area (Å²) in [6, 6.07) is 3.64. The highest BCUT2D eigenvalue weighted by Gasteiger charge is 2.16. The fourth-order valence-electron chi connectivity index (χ4n) is 1.32. The maximum atomic E-state index is 11.3. The van der Waals surface area contributed by atoms with E-state index in [1.165, 1.54) is 19.2 Å². The van der Waals surface area contributed by atoms with Crippen LogP contribution in [0.5, 0.6) is 0 Å². The normalized spacial score (nSPS) is 9.10. The smallest absolute Gasteiger partial charge is 0.384 e. The van der Waals surface area contributed by atoms with Crippen LogP contribution in [0.1, 0.15) is 22.8 Å². The van der Waals surface area contributed by atoms with Gasteiger partial charge < -0.3 is 9.47 Å². The molecule has 0 fully saturated rings. The molecule has 0 aliphatic heterocycles. The lowest BCUT2D eigenvalue weighted by Gasteiger charge is -2.00. The first-order valence-corrected chi connectivity index (χ1v) is 5.55. The summed E-state index contributed by atoms with van der Waals surface area (Å²) in [6.45, 7) is 1.78. The Morgan fingerprint density at radius 3 is 2.65 bits per heavy atom. The van der Waals surface area contributed by atoms with Crippen molar-refractivity contribution in [1.82, 2.24) is 0 Å². The number of nitro groups is 1. The molecule has 1 aromatic carbocycles. The van der Waals surface area contributed by atoms with E-state index in [-0.39, 0.29) is 23.4 Å². The molecule has 104 valence electrons. The number of rotatable bonds is 3. The highest BCUT2D eigenvalue weighted by molar-refractivity contribution is 5.91. The van der Waals surface area contributed by atoms with E-state index in [1.807, 2.05) is 0 Å². The lowest BCUT2D eigenvalue weighted by molar-refractivity contribution is -0.385. The van der Waals surface area contributed by atoms with Crippen molar-refractivity contribution in [2.45, 2.75) is 6.92 Å². The minimum absolute atomic E-state index is 0.00991. The van der Waals surface area contributed by atoms with Gasteiger partial charge in [0.1, 0.15) is 5.56 Å². The molecule has 7 heteroatoms. The molecule has 20 heavy (non-hydrogen) atoms. The second-order valence-corrected chi connectivity index (χ2v) is 3.45. The minimum atomic E-state index is -0.779. The summed E-state index contributed by atoms with van der Waals surface area (Å²) in [6.07, 6.45) is 0. The monoisotopic (exact) mass is 277 g/mol. The zero-order valence-corrected chi connectivity index (χ0v) is 10.8. The van der Waals surface area contributed by atoms with Crippen LogP contribution in [0.15, 0.2) is 18.2 Å². The van der Waals surface area contributed by atoms with Gasteiger partial charge in [-0.1, -0.05) is 0 Å². The Morgan fingerprint density at radius 2 is 2.10 bits per heavy atom. The average Bonchev–Trinajstić information content (AvgIpc) is 2.44. The molecule has 0 saturated carbocycles. The van der Waals surface area contributed by atoms with Crippen LogP contribution in [0.25, 0.3) is 0 Å². The standard InChI is InChI=1S/C13H11NO6/c1-3-20-12(15)7-6-9-4-5-10(13(16)19-2)8-11(9)14(17)18/h4-5,8H,3H2,1-2H3. The molecule has 7 nitrogen and oxygen atoms in total. The van der Waals surface area contributed by atoms with Crippen molar-refractivity contribution in [3.8, 4) is 11.8 Å². The number of hydrogen-bond donors (Lipinski definition) is 0. The summed E-state index contributed by atoms with van der Waals surface area (Å²) in [5.74, 6) is 3.00. The predicted octanol–water partition coefficient (Wildman–Crippen LogP) is 1.30. The summed E-state index contributed by atoms with van der Waals surface area (Å²) in [4.78, 5) is 32.6. The highest BCUT2D eigenvalue weighted by Crippen LogP contribution is 2.20. The number of esters is 2. The molecule has 0 spiro atoms. The Balaban J connectivity index is 3.17. The van der Waals surface area contributed by atoms with Crippen LogP contribution in [0, 0.1) is 22.0 Å². The third-order valence-corrected chi connectivity index (χ3v) is 2.19. The van der Waals surface area contributed by atoms with Crippen LogP contribution in [-0.2, 0) is 14.3 Å². The summed E-state index contributed by atoms with van der Waals surface area (Å²) >= 11 is 0. The summed E-state index contributed by atoms with van der Waals surface area (Å²) in [5, 5.41) is 10.9. The minimum Gasteiger partial charge on any atom is -0.465 e. The van der Waals surface area contributed by atoms with Gasteiger partial charge in [0.2, 0.25) is 0 Å². The van der Waals surface area contributed by atoms with Crippen LogP contribution < -0.4 is 0 Å². The van der Waals surface area contributed by atoms with E-state index in [2.05, 4.69) is 21.3 Å². The van der Waals surface area contributed by atoms with Gasteiger partial charge in [-0.05, 0) is 25.0 Å². The van der Waals surface area contributed by atoms with E-state index in [4.69, 9.17) is 0 Å². The average molecular weight is 277 g/mol. The van der Waals surface area contributed by atoms with Crippen molar-refractivity contribution in [3.63, 3.8) is 0 Å². The van der Waals surface area contributed by atoms with E-state index >= 15 is 0 Å². The number of benzene rings is 1. The topological polar surface area (TPSA) is 95.7 Å². The van der Waals surface area contributed by atoms with Crippen LogP contribution in [0.2, 0.25) is 0 Å². The van der Waals surface area contributed by atoms with E-state index in [9.17, 15) is 19.7 Å². The Kier molecular flexibility index (Phi) is 5.23. The molecule has 0 radical (unpaired) electrons. The number of nitro benzene ring substituents is 1. The molecular weight excluding hydrogens is 266 g/mol. The first kappa shape index (κ1) is 15.2. The molecule has 0 aliphatic carbocycles. The molecule has 0 saturated heterocycles. The van der Waals surface area contributed by atoms with Crippen molar-refractivity contribution in [2.75, 3.05) is 13.7 Å². The van der Waals surface area contributed by atoms with Crippen LogP contribution in [-0.4, -0.2) is 30.6 Å². The van der Waals surface area contributed by atoms with Gasteiger partial charge in [0.05, 0.1) is 24.2 Å². The summed E-state index contributed by atoms with van der Waals surface area (Å²) in [7, 11) is 1.17. The quantitative estimate of drug-likeness (QED) is 0.357. The predicted molar refractivity (Wildman–Crippen MR) is 67.9 cm³/mol. The van der Waals surface area contributed by atoms with E-state index < -0.39 is 16.9 Å². The van der Waals surface area contributed by atoms with Crippen molar-refractivity contribution in [3.05, 3.63) is 39.4 Å². The second-order valence-electron chi connectivity index (χ2n) is 3.45. The van der Waals surface area contributed by atoms with Gasteiger partial charge >= 0.3 is 11.9 Å². The Labute approximate surface area is 114 Å². The highest BCUT2D eigenvalue weighted by atomic mass is 16.6. The molecule has 1 aromatic rings. The Hall–Kier alpha value is -2.88. The number of nitrogens with zero attached hydrogens (tertiary/aromatic N) is 1. The molecular formula is C13H11NO6. The molecule has 0 heterocycles. The third kappa shape index (κ3) is 3.81. The second kappa shape index (κ2) is 6.89. The van der Waals surface area contributed by atoms with E-state index in [0.29, 0.717) is 0 Å². The summed E-state index contributed by atoms with van der Waals surface area (Å²) < 4.78 is 9.06. The molecule has 0 aromatic heterocycles. The fourth-order valence-corrected chi connectivity index (χ4v) is 1.32. The van der Waals surface area contributed by atoms with Crippen molar-refractivity contribution < 1.29 is 24.0 Å². The lowest BCUT2D eigenvalue weighted by atomic mass is 10.1.